The molecular weight excluding hydrogens is 1760 g/mol. The maximum Gasteiger partial charge on any atom is 0.113 e. The number of hydrogen-bond donors (Lipinski definition) is 0. The molecule has 0 saturated heterocycles. The average molecular weight is 1880 g/mol. The van der Waals surface area contributed by atoms with Crippen LogP contribution in [0.2, 0.25) is 0 Å². The van der Waals surface area contributed by atoms with E-state index >= 15 is 0 Å². The first kappa shape index (κ1) is 118. The second kappa shape index (κ2) is 43.3. The van der Waals surface area contributed by atoms with E-state index in [0.29, 0.717) is 54.5 Å². The molecule has 0 aliphatic carbocycles. The number of benzene rings is 15. The fourth-order valence-electron chi connectivity index (χ4n) is 28.3. The van der Waals surface area contributed by atoms with Crippen LogP contribution in [0, 0.1) is 277 Å². The zero-order valence-electron chi connectivity index (χ0n) is 97.8. The summed E-state index contributed by atoms with van der Waals surface area (Å²) in [6.07, 6.45) is -7.42. The molecule has 0 unspecified atom stereocenters. The molecule has 0 aliphatic rings. The SMILES string of the molecule is [B][B]B([B])B(B([B])[B])c1c(B(B([B])[B])B([B])[B])c(C)c(C)c2c(C)c(-c3c4c(C)c(C)c(C)c(C)c4c(-c4c(C)c(C)c5c(C)c(C)c(C)c(C)c5c4C)c4c(C)c(C)c(-c5c(C)c(C)c(C)c(C)c5C)c(C)c34)c([B][B])c([B])c12.[B][B]B([B])B(B([B])[B])c1c(B(B([B])[B])B([B])[B])c(C)c(C)c2c(C)c(-c3c4c(C)c(C)c(C)c(C)c4c(-c4c(C)c(C)c5c(C)c(C)c(C)c(C)c5c4C)c4c(C)c(C)c(C)c(C)c34)c([B][B])c([B])c12. The van der Waals surface area contributed by atoms with E-state index in [4.69, 9.17) is 155 Å². The van der Waals surface area contributed by atoms with E-state index in [1.807, 2.05) is 6.92 Å². The molecule has 0 spiro atoms. The molecule has 0 heterocycles. The second-order valence-electron chi connectivity index (χ2n) is 45.5. The monoisotopic (exact) mass is 1890 g/mol. The second-order valence-corrected chi connectivity index (χ2v) is 45.5. The number of aryl methyl sites for hydroxylation is 20. The lowest BCUT2D eigenvalue weighted by atomic mass is 8.67. The summed E-state index contributed by atoms with van der Waals surface area (Å²) in [5.74, 6) is 0. The number of hydrogen-bond acceptors (Lipinski definition) is 0. The van der Waals surface area contributed by atoms with Gasteiger partial charge in [0.1, 0.15) is 15.7 Å². The molecule has 150 heavy (non-hydrogen) atoms. The van der Waals surface area contributed by atoms with E-state index in [-0.39, 0.29) is 0 Å². The van der Waals surface area contributed by atoms with E-state index in [9.17, 15) is 0 Å². The molecule has 15 aromatic rings. The van der Waals surface area contributed by atoms with Gasteiger partial charge in [-0.1, -0.05) is 43.9 Å². The van der Waals surface area contributed by atoms with Crippen molar-refractivity contribution >= 4 is 390 Å². The van der Waals surface area contributed by atoms with E-state index in [2.05, 4.69) is 270 Å². The largest absolute Gasteiger partial charge is 0.113 e. The van der Waals surface area contributed by atoms with Crippen LogP contribution in [-0.4, -0.2) is 260 Å². The lowest BCUT2D eigenvalue weighted by molar-refractivity contribution is 1.17. The molecule has 0 N–H and O–H groups in total. The van der Waals surface area contributed by atoms with Crippen molar-refractivity contribution in [3.63, 3.8) is 0 Å². The first-order valence-corrected chi connectivity index (χ1v) is 53.4. The van der Waals surface area contributed by atoms with Crippen molar-refractivity contribution in [3.05, 3.63) is 223 Å². The summed E-state index contributed by atoms with van der Waals surface area (Å²) in [5, 5.41) is 18.2. The van der Waals surface area contributed by atoms with Crippen LogP contribution in [0.3, 0.4) is 0 Å². The highest BCUT2D eigenvalue weighted by Crippen LogP contribution is 2.59. The van der Waals surface area contributed by atoms with Gasteiger partial charge in [-0.15, -0.1) is 10.9 Å². The molecule has 44 radical (unpaired) electrons. The molecule has 0 amide bonds. The summed E-state index contributed by atoms with van der Waals surface area (Å²) in [6, 6.07) is 0. The van der Waals surface area contributed by atoms with Gasteiger partial charge in [-0.05, 0) is 630 Å². The van der Waals surface area contributed by atoms with Crippen LogP contribution in [0.1, 0.15) is 223 Å². The Morgan fingerprint density at radius 2 is 0.273 bits per heavy atom. The smallest absolute Gasteiger partial charge is 0.103 e. The first-order valence-electron chi connectivity index (χ1n) is 53.4. The van der Waals surface area contributed by atoms with Gasteiger partial charge in [0.2, 0.25) is 0 Å². The Hall–Kier alpha value is -7.28. The average Bonchev–Trinajstić information content (AvgIpc) is 0.679. The number of rotatable bonds is 21. The summed E-state index contributed by atoms with van der Waals surface area (Å²) in [7, 11) is 143. The van der Waals surface area contributed by atoms with E-state index in [1.54, 1.807) is 14.3 Å². The Bertz CT molecular complexity index is 8260. The molecule has 0 bridgehead atoms. The van der Waals surface area contributed by atoms with Gasteiger partial charge in [0.25, 0.3) is 0 Å². The third-order valence-corrected chi connectivity index (χ3v) is 39.0. The standard InChI is InChI=1S/C62H66B18.C52H54B18/c1-23-24(2)30(8)45(31(9)25(23)3)48-38(16)39(17)53-54(43(48)21)57(52-35(13)29(7)28(6)34(12)51(52)56(53)49-37(15)36(14)46-32(10)26(4)27(5)33(11)47(46)42(49)20)55-44(22)50-40(18)41(19)61(75(77(66)67)78(68)69)62(58(50)59(63)60(55)73-64)76(79(70)71)80(72)74-65;1-19-20(2)26(8)38-35(17)39(32(14)31(13)37(38)25(19)7)46-41-27(9)21(3)23(5)29(11)43(41)47(44-30(12)24(6)22(4)28(10)42(44)46)45-36(18)40-33(15)34(16)51(65(67(56)57)68(58)59)52(48(40)49(53)50(45)63-54)66(69(60)61)70(62)64-55/h1-22H3;1-18H3. The molecule has 0 atom stereocenters. The molecule has 15 aromatic carbocycles. The topological polar surface area (TPSA) is 0 Å². The minimum Gasteiger partial charge on any atom is -0.103 e. The molecule has 15 rings (SSSR count). The molecule has 0 aromatic heterocycles. The molecule has 684 valence electrons. The van der Waals surface area contributed by atoms with Gasteiger partial charge in [0.05, 0.1) is 40.3 Å². The highest BCUT2D eigenvalue weighted by molar-refractivity contribution is 7.90. The Morgan fingerprint density at radius 1 is 0.133 bits per heavy atom. The van der Waals surface area contributed by atoms with Crippen LogP contribution in [-0.2, 0) is 0 Å². The summed E-state index contributed by atoms with van der Waals surface area (Å²) >= 11 is 0. The Morgan fingerprint density at radius 3 is 0.493 bits per heavy atom. The van der Waals surface area contributed by atoms with Crippen LogP contribution in [0.25, 0.3) is 142 Å². The van der Waals surface area contributed by atoms with Crippen molar-refractivity contribution in [1.82, 2.24) is 0 Å². The highest BCUT2D eigenvalue weighted by Gasteiger charge is 2.44. The van der Waals surface area contributed by atoms with Crippen molar-refractivity contribution in [2.24, 2.45) is 0 Å². The number of fused-ring (bicyclic) bond motifs is 8. The van der Waals surface area contributed by atoms with Crippen LogP contribution in [0.15, 0.2) is 0 Å². The zero-order chi connectivity index (χ0) is 112. The van der Waals surface area contributed by atoms with Crippen molar-refractivity contribution in [3.8, 4) is 55.6 Å². The van der Waals surface area contributed by atoms with E-state index in [0.717, 1.165) is 71.8 Å². The minimum atomic E-state index is -1.00. The minimum absolute atomic E-state index is 0.433. The van der Waals surface area contributed by atoms with E-state index in [1.165, 1.54) is 296 Å². The first-order chi connectivity index (χ1) is 69.8. The molecule has 0 fully saturated rings. The third kappa shape index (κ3) is 17.5. The normalized spacial score (nSPS) is 11.6. The highest BCUT2D eigenvalue weighted by atomic mass is 14.4. The van der Waals surface area contributed by atoms with Crippen LogP contribution >= 0.6 is 0 Å². The molecule has 0 saturated carbocycles. The summed E-state index contributed by atoms with van der Waals surface area (Å²) in [4.78, 5) is 0. The van der Waals surface area contributed by atoms with Gasteiger partial charge in [-0.25, -0.2) is 0 Å². The summed E-state index contributed by atoms with van der Waals surface area (Å²) in [5.41, 5.74) is 65.9. The van der Waals surface area contributed by atoms with Crippen molar-refractivity contribution in [2.75, 3.05) is 0 Å². The molecular formula is C114H120B36. The summed E-state index contributed by atoms with van der Waals surface area (Å²) < 4.78 is 0. The predicted octanol–water partition coefficient (Wildman–Crippen LogP) is 13.0. The molecule has 0 aliphatic heterocycles. The van der Waals surface area contributed by atoms with Gasteiger partial charge in [-0.2, -0.15) is 0 Å². The van der Waals surface area contributed by atoms with Gasteiger partial charge >= 0.3 is 0 Å². The fourth-order valence-corrected chi connectivity index (χ4v) is 28.3. The maximum atomic E-state index is 7.95. The molecule has 0 nitrogen and oxygen atoms in total. The van der Waals surface area contributed by atoms with Gasteiger partial charge in [0.15, 0.2) is 0 Å². The van der Waals surface area contributed by atoms with Crippen LogP contribution in [0.4, 0.5) is 0 Å². The van der Waals surface area contributed by atoms with E-state index < -0.39 is 77.1 Å². The third-order valence-electron chi connectivity index (χ3n) is 39.0. The van der Waals surface area contributed by atoms with Crippen LogP contribution < -0.4 is 43.7 Å². The van der Waals surface area contributed by atoms with Crippen molar-refractivity contribution in [2.45, 2.75) is 277 Å². The Kier molecular flexibility index (Phi) is 34.1. The van der Waals surface area contributed by atoms with Crippen molar-refractivity contribution < 1.29 is 0 Å². The fraction of sp³-hybridized carbons (Fsp3) is 0.351. The van der Waals surface area contributed by atoms with Gasteiger partial charge < -0.3 is 0 Å². The summed E-state index contributed by atoms with van der Waals surface area (Å²) in [6.45, 7) is 88.0. The Balaban J connectivity index is 0.000000238. The lowest BCUT2D eigenvalue weighted by Crippen LogP contribution is -2.72. The van der Waals surface area contributed by atoms with Gasteiger partial charge in [0, 0.05) is 204 Å². The quantitative estimate of drug-likeness (QED) is 0.0497. The van der Waals surface area contributed by atoms with Crippen molar-refractivity contribution in [1.29, 1.82) is 0 Å². The van der Waals surface area contributed by atoms with Crippen LogP contribution in [0.5, 0.6) is 0 Å². The lowest BCUT2D eigenvalue weighted by Gasteiger charge is -2.37. The zero-order valence-corrected chi connectivity index (χ0v) is 97.8. The maximum absolute atomic E-state index is 7.95. The van der Waals surface area contributed by atoms with Gasteiger partial charge in [-0.3, -0.25) is 0 Å². The molecule has 36 heteroatoms. The predicted molar refractivity (Wildman–Crippen MR) is 714 cm³/mol. The Labute approximate surface area is 937 Å².